The Kier molecular flexibility index (Phi) is 4.76. The van der Waals surface area contributed by atoms with Crippen LogP contribution in [-0.2, 0) is 0 Å². The number of piperazine rings is 1. The number of aromatic nitrogens is 1. The van der Waals surface area contributed by atoms with Crippen molar-refractivity contribution in [2.45, 2.75) is 13.8 Å². The predicted molar refractivity (Wildman–Crippen MR) is 100 cm³/mol. The molecule has 0 radical (unpaired) electrons. The molecule has 1 saturated heterocycles. The van der Waals surface area contributed by atoms with Crippen LogP contribution in [-0.4, -0.2) is 41.2 Å². The number of thiocarbonyl (C=S) groups is 1. The summed E-state index contributed by atoms with van der Waals surface area (Å²) in [6, 6.07) is 10.5. The zero-order chi connectivity index (χ0) is 16.2. The van der Waals surface area contributed by atoms with E-state index in [2.05, 4.69) is 64.3 Å². The van der Waals surface area contributed by atoms with E-state index in [-0.39, 0.29) is 0 Å². The molecule has 2 heterocycles. The van der Waals surface area contributed by atoms with Gasteiger partial charge < -0.3 is 15.1 Å². The molecular formula is C18H22N4S. The first-order valence-electron chi connectivity index (χ1n) is 7.91. The Balaban J connectivity index is 1.59. The van der Waals surface area contributed by atoms with E-state index in [1.54, 1.807) is 0 Å². The molecule has 0 aliphatic carbocycles. The maximum absolute atomic E-state index is 5.60. The third-order valence-electron chi connectivity index (χ3n) is 4.23. The van der Waals surface area contributed by atoms with Gasteiger partial charge in [0.25, 0.3) is 0 Å². The fourth-order valence-electron chi connectivity index (χ4n) is 2.79. The molecule has 0 amide bonds. The predicted octanol–water partition coefficient (Wildman–Crippen LogP) is 3.22. The first-order chi connectivity index (χ1) is 11.1. The van der Waals surface area contributed by atoms with Crippen LogP contribution in [0.1, 0.15) is 11.1 Å². The summed E-state index contributed by atoms with van der Waals surface area (Å²) < 4.78 is 0. The summed E-state index contributed by atoms with van der Waals surface area (Å²) in [5.41, 5.74) is 4.79. The molecule has 0 spiro atoms. The van der Waals surface area contributed by atoms with Gasteiger partial charge >= 0.3 is 0 Å². The summed E-state index contributed by atoms with van der Waals surface area (Å²) in [4.78, 5) is 8.70. The molecule has 3 rings (SSSR count). The van der Waals surface area contributed by atoms with Crippen LogP contribution < -0.4 is 10.2 Å². The SMILES string of the molecule is Cc1ccc(C)c(NC(=S)N2CCN(c3ccncc3)CC2)c1. The van der Waals surface area contributed by atoms with Crippen molar-refractivity contribution in [3.8, 4) is 0 Å². The van der Waals surface area contributed by atoms with Crippen LogP contribution in [0.4, 0.5) is 11.4 Å². The minimum absolute atomic E-state index is 0.813. The Labute approximate surface area is 143 Å². The third-order valence-corrected chi connectivity index (χ3v) is 4.59. The number of nitrogens with zero attached hydrogens (tertiary/aromatic N) is 3. The molecule has 1 aliphatic heterocycles. The second-order valence-corrected chi connectivity index (χ2v) is 6.31. The molecule has 1 N–H and O–H groups in total. The van der Waals surface area contributed by atoms with Gasteiger partial charge in [0.05, 0.1) is 0 Å². The standard InChI is InChI=1S/C18H22N4S/c1-14-3-4-15(2)17(13-14)20-18(23)22-11-9-21(10-12-22)16-5-7-19-8-6-16/h3-8,13H,9-12H2,1-2H3,(H,20,23). The number of benzene rings is 1. The van der Waals surface area contributed by atoms with Crippen LogP contribution in [0.15, 0.2) is 42.7 Å². The van der Waals surface area contributed by atoms with Gasteiger partial charge in [-0.15, -0.1) is 0 Å². The molecular weight excluding hydrogens is 304 g/mol. The van der Waals surface area contributed by atoms with Crippen molar-refractivity contribution in [3.63, 3.8) is 0 Å². The number of aryl methyl sites for hydroxylation is 2. The topological polar surface area (TPSA) is 31.4 Å². The Morgan fingerprint density at radius 3 is 2.43 bits per heavy atom. The Hall–Kier alpha value is -2.14. The minimum atomic E-state index is 0.813. The molecule has 1 fully saturated rings. The highest BCUT2D eigenvalue weighted by atomic mass is 32.1. The molecule has 4 nitrogen and oxygen atoms in total. The van der Waals surface area contributed by atoms with Crippen LogP contribution in [0.2, 0.25) is 0 Å². The molecule has 0 atom stereocenters. The van der Waals surface area contributed by atoms with Crippen LogP contribution in [0.25, 0.3) is 0 Å². The largest absolute Gasteiger partial charge is 0.368 e. The van der Waals surface area contributed by atoms with Crippen LogP contribution in [0, 0.1) is 13.8 Å². The van der Waals surface area contributed by atoms with Crippen LogP contribution in [0.5, 0.6) is 0 Å². The first-order valence-corrected chi connectivity index (χ1v) is 8.32. The maximum atomic E-state index is 5.60. The van der Waals surface area contributed by atoms with Gasteiger partial charge in [0, 0.05) is 49.9 Å². The monoisotopic (exact) mass is 326 g/mol. The van der Waals surface area contributed by atoms with Crippen molar-refractivity contribution < 1.29 is 0 Å². The van der Waals surface area contributed by atoms with E-state index in [1.807, 2.05) is 12.4 Å². The third kappa shape index (κ3) is 3.79. The van der Waals surface area contributed by atoms with Gasteiger partial charge in [-0.05, 0) is 55.4 Å². The molecule has 0 saturated carbocycles. The molecule has 1 aliphatic rings. The van der Waals surface area contributed by atoms with E-state index in [4.69, 9.17) is 12.2 Å². The van der Waals surface area contributed by atoms with Crippen molar-refractivity contribution in [1.29, 1.82) is 0 Å². The highest BCUT2D eigenvalue weighted by molar-refractivity contribution is 7.80. The van der Waals surface area contributed by atoms with Gasteiger partial charge in [-0.2, -0.15) is 0 Å². The number of hydrogen-bond acceptors (Lipinski definition) is 3. The Bertz CT molecular complexity index is 679. The second kappa shape index (κ2) is 6.96. The summed E-state index contributed by atoms with van der Waals surface area (Å²) in [6.07, 6.45) is 3.68. The number of anilines is 2. The van der Waals surface area contributed by atoms with Gasteiger partial charge in [0.2, 0.25) is 0 Å². The number of hydrogen-bond donors (Lipinski definition) is 1. The van der Waals surface area contributed by atoms with Gasteiger partial charge in [0.1, 0.15) is 0 Å². The van der Waals surface area contributed by atoms with Crippen LogP contribution >= 0.6 is 12.2 Å². The summed E-state index contributed by atoms with van der Waals surface area (Å²) in [6.45, 7) is 8.00. The normalized spacial score (nSPS) is 14.7. The minimum Gasteiger partial charge on any atom is -0.368 e. The zero-order valence-electron chi connectivity index (χ0n) is 13.6. The maximum Gasteiger partial charge on any atom is 0.173 e. The van der Waals surface area contributed by atoms with E-state index < -0.39 is 0 Å². The van der Waals surface area contributed by atoms with E-state index in [0.29, 0.717) is 0 Å². The van der Waals surface area contributed by atoms with E-state index in [1.165, 1.54) is 16.8 Å². The fraction of sp³-hybridized carbons (Fsp3) is 0.333. The number of nitrogens with one attached hydrogen (secondary N) is 1. The number of pyridine rings is 1. The summed E-state index contributed by atoms with van der Waals surface area (Å²) in [5, 5.41) is 4.22. The summed E-state index contributed by atoms with van der Waals surface area (Å²) >= 11 is 5.60. The molecule has 5 heteroatoms. The quantitative estimate of drug-likeness (QED) is 0.857. The van der Waals surface area contributed by atoms with Crippen molar-refractivity contribution in [2.75, 3.05) is 36.4 Å². The van der Waals surface area contributed by atoms with E-state index >= 15 is 0 Å². The Morgan fingerprint density at radius 2 is 1.74 bits per heavy atom. The summed E-state index contributed by atoms with van der Waals surface area (Å²) in [7, 11) is 0. The van der Waals surface area contributed by atoms with Gasteiger partial charge in [-0.25, -0.2) is 0 Å². The van der Waals surface area contributed by atoms with Crippen molar-refractivity contribution in [2.24, 2.45) is 0 Å². The highest BCUT2D eigenvalue weighted by Crippen LogP contribution is 2.19. The van der Waals surface area contributed by atoms with Crippen LogP contribution in [0.3, 0.4) is 0 Å². The average molecular weight is 326 g/mol. The lowest BCUT2D eigenvalue weighted by atomic mass is 10.1. The molecule has 2 aromatic rings. The van der Waals surface area contributed by atoms with Crippen molar-refractivity contribution in [3.05, 3.63) is 53.9 Å². The Morgan fingerprint density at radius 1 is 1.04 bits per heavy atom. The van der Waals surface area contributed by atoms with E-state index in [0.717, 1.165) is 37.0 Å². The van der Waals surface area contributed by atoms with Gasteiger partial charge in [-0.3, -0.25) is 4.98 Å². The van der Waals surface area contributed by atoms with Gasteiger partial charge in [-0.1, -0.05) is 12.1 Å². The smallest absolute Gasteiger partial charge is 0.173 e. The zero-order valence-corrected chi connectivity index (χ0v) is 14.4. The molecule has 23 heavy (non-hydrogen) atoms. The summed E-state index contributed by atoms with van der Waals surface area (Å²) in [5.74, 6) is 0. The van der Waals surface area contributed by atoms with E-state index in [9.17, 15) is 0 Å². The van der Waals surface area contributed by atoms with Gasteiger partial charge in [0.15, 0.2) is 5.11 Å². The lowest BCUT2D eigenvalue weighted by Crippen LogP contribution is -2.50. The second-order valence-electron chi connectivity index (χ2n) is 5.93. The lowest BCUT2D eigenvalue weighted by molar-refractivity contribution is 0.391. The average Bonchev–Trinajstić information content (AvgIpc) is 2.59. The van der Waals surface area contributed by atoms with Crippen molar-refractivity contribution in [1.82, 2.24) is 9.88 Å². The lowest BCUT2D eigenvalue weighted by Gasteiger charge is -2.37. The highest BCUT2D eigenvalue weighted by Gasteiger charge is 2.19. The molecule has 0 unspecified atom stereocenters. The molecule has 1 aromatic carbocycles. The molecule has 1 aromatic heterocycles. The fourth-order valence-corrected chi connectivity index (χ4v) is 3.08. The van der Waals surface area contributed by atoms with Crippen molar-refractivity contribution >= 4 is 28.7 Å². The first kappa shape index (κ1) is 15.7. The molecule has 0 bridgehead atoms. The number of rotatable bonds is 2. The molecule has 120 valence electrons.